The summed E-state index contributed by atoms with van der Waals surface area (Å²) in [4.78, 5) is 25.9. The molecule has 1 aliphatic heterocycles. The Bertz CT molecular complexity index is 815. The van der Waals surface area contributed by atoms with Crippen LogP contribution in [0.15, 0.2) is 24.3 Å². The Morgan fingerprint density at radius 1 is 1.32 bits per heavy atom. The van der Waals surface area contributed by atoms with Crippen molar-refractivity contribution in [3.8, 4) is 0 Å². The Kier molecular flexibility index (Phi) is 4.55. The van der Waals surface area contributed by atoms with Gasteiger partial charge in [-0.3, -0.25) is 9.59 Å². The number of nitrogens with zero attached hydrogens (tertiary/aromatic N) is 3. The van der Waals surface area contributed by atoms with Gasteiger partial charge in [0, 0.05) is 18.4 Å². The topological polar surface area (TPSA) is 75.2 Å². The zero-order chi connectivity index (χ0) is 18.2. The second kappa shape index (κ2) is 6.51. The molecule has 3 rings (SSSR count). The van der Waals surface area contributed by atoms with Crippen molar-refractivity contribution < 1.29 is 14.0 Å². The van der Waals surface area contributed by atoms with Gasteiger partial charge >= 0.3 is 0 Å². The summed E-state index contributed by atoms with van der Waals surface area (Å²) in [7, 11) is 0. The molecule has 1 N–H and O–H groups in total. The maximum absolute atomic E-state index is 13.9. The van der Waals surface area contributed by atoms with Crippen LogP contribution in [0.1, 0.15) is 32.2 Å². The lowest BCUT2D eigenvalue weighted by Crippen LogP contribution is -2.28. The van der Waals surface area contributed by atoms with Crippen LogP contribution < -0.4 is 10.2 Å². The second-order valence-corrected chi connectivity index (χ2v) is 7.99. The van der Waals surface area contributed by atoms with Gasteiger partial charge in [0.05, 0.1) is 11.6 Å². The van der Waals surface area contributed by atoms with Gasteiger partial charge in [-0.25, -0.2) is 4.39 Å². The lowest BCUT2D eigenvalue weighted by Gasteiger charge is -2.17. The molecule has 8 heteroatoms. The minimum Gasteiger partial charge on any atom is -0.309 e. The van der Waals surface area contributed by atoms with Crippen molar-refractivity contribution >= 4 is 34.0 Å². The Labute approximate surface area is 149 Å². The summed E-state index contributed by atoms with van der Waals surface area (Å²) in [6.45, 7) is 6.19. The third-order valence-corrected chi connectivity index (χ3v) is 5.20. The van der Waals surface area contributed by atoms with E-state index in [9.17, 15) is 14.0 Å². The van der Waals surface area contributed by atoms with Gasteiger partial charge in [0.15, 0.2) is 0 Å². The van der Waals surface area contributed by atoms with E-state index in [0.29, 0.717) is 5.13 Å². The quantitative estimate of drug-likeness (QED) is 0.911. The van der Waals surface area contributed by atoms with Gasteiger partial charge in [-0.1, -0.05) is 44.2 Å². The highest BCUT2D eigenvalue weighted by molar-refractivity contribution is 7.15. The number of para-hydroxylation sites is 1. The van der Waals surface area contributed by atoms with Gasteiger partial charge in [0.1, 0.15) is 10.8 Å². The highest BCUT2D eigenvalue weighted by Gasteiger charge is 2.36. The fourth-order valence-electron chi connectivity index (χ4n) is 2.57. The van der Waals surface area contributed by atoms with E-state index in [0.717, 1.165) is 5.01 Å². The number of nitrogens with one attached hydrogen (secondary N) is 1. The van der Waals surface area contributed by atoms with E-state index >= 15 is 0 Å². The smallest absolute Gasteiger partial charge is 0.231 e. The lowest BCUT2D eigenvalue weighted by molar-refractivity contribution is -0.122. The molecule has 0 aliphatic carbocycles. The first kappa shape index (κ1) is 17.5. The Morgan fingerprint density at radius 3 is 2.68 bits per heavy atom. The molecule has 1 aliphatic rings. The number of carbonyl (C=O) groups excluding carboxylic acids is 2. The van der Waals surface area contributed by atoms with Gasteiger partial charge in [-0.15, -0.1) is 10.2 Å². The minimum absolute atomic E-state index is 0.0467. The maximum atomic E-state index is 13.9. The van der Waals surface area contributed by atoms with Crippen LogP contribution >= 0.6 is 11.3 Å². The summed E-state index contributed by atoms with van der Waals surface area (Å²) >= 11 is 1.31. The van der Waals surface area contributed by atoms with Gasteiger partial charge < -0.3 is 10.2 Å². The molecule has 2 aromatic rings. The van der Waals surface area contributed by atoms with Crippen molar-refractivity contribution in [1.29, 1.82) is 0 Å². The van der Waals surface area contributed by atoms with E-state index in [1.807, 2.05) is 20.8 Å². The van der Waals surface area contributed by atoms with Crippen LogP contribution in [0, 0.1) is 11.7 Å². The molecule has 0 bridgehead atoms. The molecular formula is C17H19FN4O2S. The van der Waals surface area contributed by atoms with Crippen molar-refractivity contribution in [3.63, 3.8) is 0 Å². The monoisotopic (exact) mass is 362 g/mol. The molecule has 132 valence electrons. The normalized spacial score (nSPS) is 17.8. The van der Waals surface area contributed by atoms with Gasteiger partial charge in [0.2, 0.25) is 16.9 Å². The number of hydrogen-bond acceptors (Lipinski definition) is 5. The molecule has 1 aromatic carbocycles. The molecule has 6 nitrogen and oxygen atoms in total. The van der Waals surface area contributed by atoms with E-state index in [1.54, 1.807) is 12.1 Å². The highest BCUT2D eigenvalue weighted by atomic mass is 32.1. The first-order valence-electron chi connectivity index (χ1n) is 7.95. The van der Waals surface area contributed by atoms with Crippen LogP contribution in [0.4, 0.5) is 15.2 Å². The largest absolute Gasteiger partial charge is 0.309 e. The number of anilines is 2. The van der Waals surface area contributed by atoms with Crippen molar-refractivity contribution in [2.75, 3.05) is 16.8 Å². The lowest BCUT2D eigenvalue weighted by atomic mass is 9.98. The molecule has 25 heavy (non-hydrogen) atoms. The van der Waals surface area contributed by atoms with Crippen LogP contribution in [0.5, 0.6) is 0 Å². The molecule has 0 radical (unpaired) electrons. The third kappa shape index (κ3) is 3.68. The molecule has 0 unspecified atom stereocenters. The molecule has 1 aromatic heterocycles. The molecule has 0 saturated carbocycles. The van der Waals surface area contributed by atoms with Crippen LogP contribution in [-0.4, -0.2) is 28.6 Å². The number of rotatable bonds is 3. The van der Waals surface area contributed by atoms with Crippen LogP contribution in [0.25, 0.3) is 0 Å². The number of benzene rings is 1. The van der Waals surface area contributed by atoms with Crippen LogP contribution in [0.2, 0.25) is 0 Å². The molecule has 1 fully saturated rings. The van der Waals surface area contributed by atoms with Crippen molar-refractivity contribution in [2.24, 2.45) is 5.92 Å². The Balaban J connectivity index is 1.69. The summed E-state index contributed by atoms with van der Waals surface area (Å²) in [6, 6.07) is 6.05. The number of carbonyl (C=O) groups is 2. The van der Waals surface area contributed by atoms with Crippen LogP contribution in [0.3, 0.4) is 0 Å². The van der Waals surface area contributed by atoms with E-state index < -0.39 is 11.7 Å². The number of amides is 2. The molecular weight excluding hydrogens is 343 g/mol. The van der Waals surface area contributed by atoms with Crippen molar-refractivity contribution in [2.45, 2.75) is 32.6 Å². The second-order valence-electron chi connectivity index (χ2n) is 7.01. The summed E-state index contributed by atoms with van der Waals surface area (Å²) < 4.78 is 13.9. The summed E-state index contributed by atoms with van der Waals surface area (Å²) in [6.07, 6.45) is 0.0467. The first-order valence-corrected chi connectivity index (χ1v) is 8.77. The molecule has 1 atom stereocenters. The zero-order valence-corrected chi connectivity index (χ0v) is 15.1. The number of hydrogen-bond donors (Lipinski definition) is 1. The molecule has 2 amide bonds. The minimum atomic E-state index is -0.547. The van der Waals surface area contributed by atoms with E-state index in [1.165, 1.54) is 28.4 Å². The average molecular weight is 362 g/mol. The molecule has 0 spiro atoms. The Morgan fingerprint density at radius 2 is 2.04 bits per heavy atom. The van der Waals surface area contributed by atoms with Crippen molar-refractivity contribution in [1.82, 2.24) is 10.2 Å². The predicted molar refractivity (Wildman–Crippen MR) is 94.1 cm³/mol. The van der Waals surface area contributed by atoms with Gasteiger partial charge in [-0.05, 0) is 12.1 Å². The van der Waals surface area contributed by atoms with Crippen molar-refractivity contribution in [3.05, 3.63) is 35.1 Å². The summed E-state index contributed by atoms with van der Waals surface area (Å²) in [5.74, 6) is -1.59. The number of aromatic nitrogens is 2. The SMILES string of the molecule is CC(C)(C)c1nnc(NC(=O)[C@@H]2CC(=O)N(c3ccccc3F)C2)s1. The molecule has 2 heterocycles. The van der Waals surface area contributed by atoms with E-state index in [-0.39, 0.29) is 35.9 Å². The fourth-order valence-corrected chi connectivity index (χ4v) is 3.38. The first-order chi connectivity index (χ1) is 11.8. The standard InChI is InChI=1S/C17H19FN4O2S/c1-17(2,3)15-20-21-16(25-15)19-14(24)10-8-13(23)22(9-10)12-7-5-4-6-11(12)18/h4-7,10H,8-9H2,1-3H3,(H,19,21,24)/t10-/m1/s1. The summed E-state index contributed by atoms with van der Waals surface area (Å²) in [5, 5.41) is 12.0. The molecule has 1 saturated heterocycles. The summed E-state index contributed by atoms with van der Waals surface area (Å²) in [5.41, 5.74) is 0.0553. The maximum Gasteiger partial charge on any atom is 0.231 e. The van der Waals surface area contributed by atoms with Gasteiger partial charge in [-0.2, -0.15) is 0 Å². The van der Waals surface area contributed by atoms with Gasteiger partial charge in [0.25, 0.3) is 0 Å². The van der Waals surface area contributed by atoms with Crippen LogP contribution in [-0.2, 0) is 15.0 Å². The predicted octanol–water partition coefficient (Wildman–Crippen LogP) is 2.97. The Hall–Kier alpha value is -2.35. The van der Waals surface area contributed by atoms with E-state index in [2.05, 4.69) is 15.5 Å². The zero-order valence-electron chi connectivity index (χ0n) is 14.2. The van der Waals surface area contributed by atoms with E-state index in [4.69, 9.17) is 0 Å². The highest BCUT2D eigenvalue weighted by Crippen LogP contribution is 2.30. The fraction of sp³-hybridized carbons (Fsp3) is 0.412. The third-order valence-electron chi connectivity index (χ3n) is 3.94. The average Bonchev–Trinajstić information content (AvgIpc) is 3.14. The number of halogens is 1.